The Morgan fingerprint density at radius 2 is 1.88 bits per heavy atom. The van der Waals surface area contributed by atoms with Crippen molar-refractivity contribution in [2.45, 2.75) is 57.1 Å². The molecular weight excluding hydrogens is 323 g/mol. The van der Waals surface area contributed by atoms with Crippen molar-refractivity contribution in [2.75, 3.05) is 0 Å². The Kier molecular flexibility index (Phi) is 7.13. The van der Waals surface area contributed by atoms with Gasteiger partial charge in [-0.3, -0.25) is 9.59 Å². The van der Waals surface area contributed by atoms with Crippen LogP contribution in [0.15, 0.2) is 18.2 Å². The van der Waals surface area contributed by atoms with Crippen molar-refractivity contribution in [1.82, 2.24) is 0 Å². The first kappa shape index (κ1) is 19.6. The highest BCUT2D eigenvalue weighted by Crippen LogP contribution is 2.31. The number of hydrogen-bond donors (Lipinski definition) is 4. The van der Waals surface area contributed by atoms with E-state index in [9.17, 15) is 14.6 Å². The predicted molar refractivity (Wildman–Crippen MR) is 93.6 cm³/mol. The summed E-state index contributed by atoms with van der Waals surface area (Å²) in [5, 5.41) is 18.8. The number of carboxylic acid groups (broad SMARTS) is 1. The Morgan fingerprint density at radius 1 is 1.16 bits per heavy atom. The summed E-state index contributed by atoms with van der Waals surface area (Å²) in [5.41, 5.74) is 14.1. The van der Waals surface area contributed by atoms with E-state index in [1.54, 1.807) is 0 Å². The molecule has 1 aromatic rings. The number of nitrogens with two attached hydrogens (primary N) is 2. The molecule has 8 heteroatoms. The summed E-state index contributed by atoms with van der Waals surface area (Å²) in [6.45, 7) is 0.776. The molecule has 0 saturated carbocycles. The third-order valence-electron chi connectivity index (χ3n) is 4.60. The van der Waals surface area contributed by atoms with E-state index in [4.69, 9.17) is 21.2 Å². The fraction of sp³-hybridized carbons (Fsp3) is 0.529. The normalized spacial score (nSPS) is 20.5. The Hall–Kier alpha value is -1.74. The summed E-state index contributed by atoms with van der Waals surface area (Å²) in [5.74, 6) is -1.24. The van der Waals surface area contributed by atoms with Crippen LogP contribution < -0.4 is 11.5 Å². The van der Waals surface area contributed by atoms with Gasteiger partial charge in [-0.1, -0.05) is 18.2 Å². The van der Waals surface area contributed by atoms with Crippen LogP contribution in [0.1, 0.15) is 42.4 Å². The number of carboxylic acids is 1. The fourth-order valence-electron chi connectivity index (χ4n) is 3.24. The van der Waals surface area contributed by atoms with E-state index in [2.05, 4.69) is 0 Å². The van der Waals surface area contributed by atoms with Crippen LogP contribution in [0.25, 0.3) is 0 Å². The molecule has 6 N–H and O–H groups in total. The summed E-state index contributed by atoms with van der Waals surface area (Å²) >= 11 is 0. The fourth-order valence-corrected chi connectivity index (χ4v) is 3.24. The SMILES string of the molecule is NCc1ccc(CC(=O)C[C@H]2CC[C@@H](CC(=O)O)OB2O)cc1CN. The van der Waals surface area contributed by atoms with Crippen molar-refractivity contribution >= 4 is 18.9 Å². The lowest BCUT2D eigenvalue weighted by molar-refractivity contribution is -0.139. The maximum absolute atomic E-state index is 12.3. The van der Waals surface area contributed by atoms with Gasteiger partial charge in [0.25, 0.3) is 0 Å². The number of aliphatic carboxylic acids is 1. The van der Waals surface area contributed by atoms with Gasteiger partial charge in [0.1, 0.15) is 5.78 Å². The Labute approximate surface area is 147 Å². The van der Waals surface area contributed by atoms with Crippen LogP contribution in [0, 0.1) is 0 Å². The van der Waals surface area contributed by atoms with Gasteiger partial charge in [-0.15, -0.1) is 0 Å². The zero-order valence-electron chi connectivity index (χ0n) is 14.2. The van der Waals surface area contributed by atoms with Gasteiger partial charge >= 0.3 is 13.1 Å². The summed E-state index contributed by atoms with van der Waals surface area (Å²) in [6.07, 6.45) is 0.953. The molecule has 0 bridgehead atoms. The van der Waals surface area contributed by atoms with E-state index in [1.165, 1.54) is 0 Å². The van der Waals surface area contributed by atoms with Gasteiger partial charge in [0.05, 0.1) is 12.5 Å². The lowest BCUT2D eigenvalue weighted by atomic mass is 9.64. The monoisotopic (exact) mass is 348 g/mol. The van der Waals surface area contributed by atoms with Gasteiger partial charge < -0.3 is 26.3 Å². The summed E-state index contributed by atoms with van der Waals surface area (Å²) in [4.78, 5) is 23.0. The molecule has 1 heterocycles. The zero-order valence-corrected chi connectivity index (χ0v) is 14.2. The number of Topliss-reactive ketones (excluding diaryl/α,β-unsaturated/α-hetero) is 1. The Bertz CT molecular complexity index is 625. The number of carbonyl (C=O) groups is 2. The highest BCUT2D eigenvalue weighted by Gasteiger charge is 2.36. The first-order chi connectivity index (χ1) is 11.9. The lowest BCUT2D eigenvalue weighted by Crippen LogP contribution is -2.38. The molecule has 0 amide bonds. The zero-order chi connectivity index (χ0) is 18.4. The van der Waals surface area contributed by atoms with Crippen LogP contribution in [-0.2, 0) is 33.8 Å². The van der Waals surface area contributed by atoms with Crippen LogP contribution >= 0.6 is 0 Å². The van der Waals surface area contributed by atoms with Crippen molar-refractivity contribution in [3.63, 3.8) is 0 Å². The van der Waals surface area contributed by atoms with Crippen molar-refractivity contribution < 1.29 is 24.4 Å². The van der Waals surface area contributed by atoms with Crippen LogP contribution in [0.2, 0.25) is 5.82 Å². The molecule has 1 aromatic carbocycles. The maximum atomic E-state index is 12.3. The lowest BCUT2D eigenvalue weighted by Gasteiger charge is -2.30. The molecular formula is C17H25BN2O5. The van der Waals surface area contributed by atoms with E-state index in [1.807, 2.05) is 18.2 Å². The average molecular weight is 348 g/mol. The van der Waals surface area contributed by atoms with Crippen molar-refractivity contribution in [3.05, 3.63) is 34.9 Å². The van der Waals surface area contributed by atoms with Crippen molar-refractivity contribution in [3.8, 4) is 0 Å². The Morgan fingerprint density at radius 3 is 2.48 bits per heavy atom. The number of benzene rings is 1. The molecule has 1 fully saturated rings. The molecule has 1 aliphatic rings. The predicted octanol–water partition coefficient (Wildman–Crippen LogP) is 0.610. The first-order valence-electron chi connectivity index (χ1n) is 8.50. The third kappa shape index (κ3) is 5.64. The maximum Gasteiger partial charge on any atom is 0.458 e. The molecule has 136 valence electrons. The molecule has 2 rings (SSSR count). The van der Waals surface area contributed by atoms with Crippen LogP contribution in [0.4, 0.5) is 0 Å². The second-order valence-electron chi connectivity index (χ2n) is 6.51. The third-order valence-corrected chi connectivity index (χ3v) is 4.60. The molecule has 1 aliphatic heterocycles. The van der Waals surface area contributed by atoms with Gasteiger partial charge in [0.15, 0.2) is 0 Å². The quantitative estimate of drug-likeness (QED) is 0.505. The highest BCUT2D eigenvalue weighted by atomic mass is 16.5. The van der Waals surface area contributed by atoms with E-state index < -0.39 is 19.2 Å². The summed E-state index contributed by atoms with van der Waals surface area (Å²) in [7, 11) is -1.10. The Balaban J connectivity index is 1.89. The van der Waals surface area contributed by atoms with Crippen LogP contribution in [0.3, 0.4) is 0 Å². The molecule has 7 nitrogen and oxygen atoms in total. The van der Waals surface area contributed by atoms with E-state index in [-0.39, 0.29) is 30.9 Å². The van der Waals surface area contributed by atoms with Gasteiger partial charge in [-0.2, -0.15) is 0 Å². The van der Waals surface area contributed by atoms with Crippen molar-refractivity contribution in [2.24, 2.45) is 11.5 Å². The standard InChI is InChI=1S/C17H25BN2O5/c19-9-12-2-1-11(5-13(12)10-20)6-15(21)7-14-3-4-16(8-17(22)23)25-18(14)24/h1-2,5,14,16,24H,3-4,6-10,19-20H2,(H,22,23)/t14-,16+/m1/s1. The van der Waals surface area contributed by atoms with Gasteiger partial charge in [0, 0.05) is 31.7 Å². The van der Waals surface area contributed by atoms with Crippen LogP contribution in [0.5, 0.6) is 0 Å². The molecule has 0 aliphatic carbocycles. The minimum Gasteiger partial charge on any atom is -0.481 e. The number of hydrogen-bond acceptors (Lipinski definition) is 6. The minimum atomic E-state index is -1.10. The van der Waals surface area contributed by atoms with Crippen LogP contribution in [-0.4, -0.2) is 35.1 Å². The first-order valence-corrected chi connectivity index (χ1v) is 8.50. The van der Waals surface area contributed by atoms with Gasteiger partial charge in [-0.25, -0.2) is 0 Å². The van der Waals surface area contributed by atoms with Gasteiger partial charge in [0.2, 0.25) is 0 Å². The molecule has 0 spiro atoms. The smallest absolute Gasteiger partial charge is 0.458 e. The molecule has 0 radical (unpaired) electrons. The highest BCUT2D eigenvalue weighted by molar-refractivity contribution is 6.45. The van der Waals surface area contributed by atoms with E-state index in [0.717, 1.165) is 16.7 Å². The van der Waals surface area contributed by atoms with E-state index in [0.29, 0.717) is 25.9 Å². The summed E-state index contributed by atoms with van der Waals surface area (Å²) < 4.78 is 5.32. The van der Waals surface area contributed by atoms with E-state index >= 15 is 0 Å². The number of rotatable bonds is 8. The topological polar surface area (TPSA) is 136 Å². The second-order valence-corrected chi connectivity index (χ2v) is 6.51. The number of carbonyl (C=O) groups excluding carboxylic acids is 1. The number of ketones is 1. The minimum absolute atomic E-state index is 0.00723. The molecule has 2 atom stereocenters. The molecule has 0 unspecified atom stereocenters. The average Bonchev–Trinajstić information content (AvgIpc) is 2.56. The van der Waals surface area contributed by atoms with Crippen molar-refractivity contribution in [1.29, 1.82) is 0 Å². The molecule has 1 saturated heterocycles. The second kappa shape index (κ2) is 9.10. The molecule has 0 aromatic heterocycles. The largest absolute Gasteiger partial charge is 0.481 e. The van der Waals surface area contributed by atoms with Gasteiger partial charge in [-0.05, 0) is 29.5 Å². The molecule has 25 heavy (non-hydrogen) atoms. The summed E-state index contributed by atoms with van der Waals surface area (Å²) in [6, 6.07) is 5.66.